The monoisotopic (exact) mass is 357 g/mol. The van der Waals surface area contributed by atoms with Gasteiger partial charge in [-0.05, 0) is 24.3 Å². The van der Waals surface area contributed by atoms with Crippen molar-refractivity contribution < 1.29 is 19.0 Å². The summed E-state index contributed by atoms with van der Waals surface area (Å²) >= 11 is 0. The van der Waals surface area contributed by atoms with E-state index in [9.17, 15) is 14.3 Å². The van der Waals surface area contributed by atoms with Gasteiger partial charge in [0.15, 0.2) is 0 Å². The molecular formula is C17H16FN5O3. The van der Waals surface area contributed by atoms with Crippen LogP contribution < -0.4 is 15.4 Å². The molecule has 0 unspecified atom stereocenters. The summed E-state index contributed by atoms with van der Waals surface area (Å²) in [6, 6.07) is 7.12. The van der Waals surface area contributed by atoms with E-state index < -0.39 is 17.4 Å². The van der Waals surface area contributed by atoms with Crippen LogP contribution in [-0.4, -0.2) is 39.7 Å². The molecule has 134 valence electrons. The van der Waals surface area contributed by atoms with Crippen molar-refractivity contribution in [2.75, 3.05) is 23.7 Å². The normalized spacial score (nSPS) is 15.9. The average molecular weight is 357 g/mol. The lowest BCUT2D eigenvalue weighted by Crippen LogP contribution is -2.53. The summed E-state index contributed by atoms with van der Waals surface area (Å²) in [5.74, 6) is -0.799. The number of nitrogen functional groups attached to an aromatic ring is 1. The zero-order chi connectivity index (χ0) is 18.7. The number of aliphatic carboxylic acids is 1. The van der Waals surface area contributed by atoms with Crippen molar-refractivity contribution in [2.45, 2.75) is 18.4 Å². The van der Waals surface area contributed by atoms with E-state index in [0.29, 0.717) is 24.8 Å². The molecule has 0 amide bonds. The van der Waals surface area contributed by atoms with Crippen LogP contribution >= 0.6 is 0 Å². The van der Waals surface area contributed by atoms with E-state index in [1.54, 1.807) is 4.90 Å². The van der Waals surface area contributed by atoms with Crippen molar-refractivity contribution >= 4 is 17.7 Å². The quantitative estimate of drug-likeness (QED) is 0.844. The summed E-state index contributed by atoms with van der Waals surface area (Å²) in [5.41, 5.74) is 4.48. The van der Waals surface area contributed by atoms with E-state index in [2.05, 4.69) is 9.97 Å². The molecule has 1 fully saturated rings. The Kier molecular flexibility index (Phi) is 4.58. The van der Waals surface area contributed by atoms with Gasteiger partial charge >= 0.3 is 5.97 Å². The number of aromatic nitrogens is 2. The highest BCUT2D eigenvalue weighted by molar-refractivity contribution is 5.78. The first-order valence-corrected chi connectivity index (χ1v) is 7.89. The first-order valence-electron chi connectivity index (χ1n) is 7.89. The standard InChI is InChI=1S/C17H16FN5O3/c18-12-1-3-13(4-2-12)26-17(15(24)25)5-7-23(8-6-17)16-21-10-11(9-19)14(20)22-16/h1-4,10H,5-8H2,(H,24,25)(H2,20,21,22). The minimum atomic E-state index is -1.41. The zero-order valence-electron chi connectivity index (χ0n) is 13.7. The molecule has 0 bridgehead atoms. The number of nitriles is 1. The number of carbonyl (C=O) groups is 1. The van der Waals surface area contributed by atoms with Gasteiger partial charge in [0.1, 0.15) is 29.0 Å². The third kappa shape index (κ3) is 3.35. The molecule has 1 aliphatic heterocycles. The van der Waals surface area contributed by atoms with E-state index in [-0.39, 0.29) is 24.2 Å². The molecule has 3 N–H and O–H groups in total. The molecule has 1 aliphatic rings. The van der Waals surface area contributed by atoms with Gasteiger partial charge in [0, 0.05) is 25.9 Å². The van der Waals surface area contributed by atoms with Crippen molar-refractivity contribution in [1.82, 2.24) is 9.97 Å². The summed E-state index contributed by atoms with van der Waals surface area (Å²) in [4.78, 5) is 21.8. The Bertz CT molecular complexity index is 858. The number of carboxylic acids is 1. The molecule has 1 aromatic heterocycles. The fourth-order valence-electron chi connectivity index (χ4n) is 2.78. The highest BCUT2D eigenvalue weighted by atomic mass is 19.1. The second-order valence-electron chi connectivity index (χ2n) is 5.92. The number of carboxylic acid groups (broad SMARTS) is 1. The van der Waals surface area contributed by atoms with E-state index >= 15 is 0 Å². The van der Waals surface area contributed by atoms with Crippen LogP contribution in [0.4, 0.5) is 16.2 Å². The van der Waals surface area contributed by atoms with Crippen LogP contribution in [-0.2, 0) is 4.79 Å². The SMILES string of the molecule is N#Cc1cnc(N2CCC(Oc3ccc(F)cc3)(C(=O)O)CC2)nc1N. The first kappa shape index (κ1) is 17.4. The van der Waals surface area contributed by atoms with E-state index in [0.717, 1.165) is 0 Å². The van der Waals surface area contributed by atoms with Gasteiger partial charge in [-0.3, -0.25) is 0 Å². The van der Waals surface area contributed by atoms with Crippen molar-refractivity contribution in [3.05, 3.63) is 41.8 Å². The van der Waals surface area contributed by atoms with Gasteiger partial charge in [0.05, 0.1) is 6.20 Å². The van der Waals surface area contributed by atoms with Crippen molar-refractivity contribution in [1.29, 1.82) is 5.26 Å². The molecule has 0 spiro atoms. The van der Waals surface area contributed by atoms with Crippen LogP contribution in [0.25, 0.3) is 0 Å². The van der Waals surface area contributed by atoms with Gasteiger partial charge in [-0.1, -0.05) is 0 Å². The highest BCUT2D eigenvalue weighted by Gasteiger charge is 2.44. The van der Waals surface area contributed by atoms with Crippen LogP contribution in [0.3, 0.4) is 0 Å². The van der Waals surface area contributed by atoms with Gasteiger partial charge in [-0.25, -0.2) is 14.2 Å². The lowest BCUT2D eigenvalue weighted by molar-refractivity contribution is -0.157. The van der Waals surface area contributed by atoms with Gasteiger partial charge < -0.3 is 20.5 Å². The minimum Gasteiger partial charge on any atom is -0.478 e. The Morgan fingerprint density at radius 3 is 2.54 bits per heavy atom. The Balaban J connectivity index is 1.75. The zero-order valence-corrected chi connectivity index (χ0v) is 13.7. The molecule has 8 nitrogen and oxygen atoms in total. The molecule has 0 radical (unpaired) electrons. The number of halogens is 1. The second-order valence-corrected chi connectivity index (χ2v) is 5.92. The third-order valence-corrected chi connectivity index (χ3v) is 4.30. The van der Waals surface area contributed by atoms with Crippen molar-refractivity contribution in [2.24, 2.45) is 0 Å². The summed E-state index contributed by atoms with van der Waals surface area (Å²) < 4.78 is 18.7. The second kappa shape index (κ2) is 6.84. The van der Waals surface area contributed by atoms with Crippen molar-refractivity contribution in [3.8, 4) is 11.8 Å². The molecule has 1 aromatic carbocycles. The number of anilines is 2. The van der Waals surface area contributed by atoms with E-state index in [1.165, 1.54) is 30.5 Å². The van der Waals surface area contributed by atoms with Crippen LogP contribution in [0.1, 0.15) is 18.4 Å². The Morgan fingerprint density at radius 1 is 1.35 bits per heavy atom. The molecule has 9 heteroatoms. The maximum atomic E-state index is 13.0. The number of nitrogens with two attached hydrogens (primary N) is 1. The highest BCUT2D eigenvalue weighted by Crippen LogP contribution is 2.31. The molecular weight excluding hydrogens is 341 g/mol. The molecule has 3 rings (SSSR count). The fraction of sp³-hybridized carbons (Fsp3) is 0.294. The number of nitrogens with zero attached hydrogens (tertiary/aromatic N) is 4. The maximum absolute atomic E-state index is 13.0. The molecule has 2 heterocycles. The van der Waals surface area contributed by atoms with Crippen molar-refractivity contribution in [3.63, 3.8) is 0 Å². The predicted molar refractivity (Wildman–Crippen MR) is 90.0 cm³/mol. The number of hydrogen-bond acceptors (Lipinski definition) is 7. The van der Waals surface area contributed by atoms with Gasteiger partial charge in [0.2, 0.25) is 11.5 Å². The largest absolute Gasteiger partial charge is 0.478 e. The summed E-state index contributed by atoms with van der Waals surface area (Å²) in [6.07, 6.45) is 1.71. The van der Waals surface area contributed by atoms with Crippen LogP contribution in [0, 0.1) is 17.1 Å². The fourth-order valence-corrected chi connectivity index (χ4v) is 2.78. The number of benzene rings is 1. The van der Waals surface area contributed by atoms with Gasteiger partial charge in [0.25, 0.3) is 0 Å². The number of hydrogen-bond donors (Lipinski definition) is 2. The molecule has 1 saturated heterocycles. The minimum absolute atomic E-state index is 0.0788. The number of rotatable bonds is 4. The summed E-state index contributed by atoms with van der Waals surface area (Å²) in [6.45, 7) is 0.664. The van der Waals surface area contributed by atoms with Gasteiger partial charge in [-0.15, -0.1) is 0 Å². The van der Waals surface area contributed by atoms with Crippen LogP contribution in [0.2, 0.25) is 0 Å². The Labute approximate surface area is 148 Å². The average Bonchev–Trinajstić information content (AvgIpc) is 2.64. The number of ether oxygens (including phenoxy) is 1. The van der Waals surface area contributed by atoms with E-state index in [1.807, 2.05) is 6.07 Å². The first-order chi connectivity index (χ1) is 12.4. The van der Waals surface area contributed by atoms with Gasteiger partial charge in [-0.2, -0.15) is 10.2 Å². The lowest BCUT2D eigenvalue weighted by Gasteiger charge is -2.38. The third-order valence-electron chi connectivity index (χ3n) is 4.30. The topological polar surface area (TPSA) is 125 Å². The smallest absolute Gasteiger partial charge is 0.348 e. The van der Waals surface area contributed by atoms with Crippen LogP contribution in [0.15, 0.2) is 30.5 Å². The Morgan fingerprint density at radius 2 is 2.00 bits per heavy atom. The number of piperidine rings is 1. The predicted octanol–water partition coefficient (Wildman–Crippen LogP) is 1.57. The molecule has 2 aromatic rings. The molecule has 26 heavy (non-hydrogen) atoms. The molecule has 0 aliphatic carbocycles. The van der Waals surface area contributed by atoms with E-state index in [4.69, 9.17) is 15.7 Å². The van der Waals surface area contributed by atoms with Crippen LogP contribution in [0.5, 0.6) is 5.75 Å². The molecule has 0 saturated carbocycles. The molecule has 0 atom stereocenters. The summed E-state index contributed by atoms with van der Waals surface area (Å²) in [7, 11) is 0. The lowest BCUT2D eigenvalue weighted by atomic mass is 9.91. The Hall–Kier alpha value is -3.41. The summed E-state index contributed by atoms with van der Waals surface area (Å²) in [5, 5.41) is 18.5. The maximum Gasteiger partial charge on any atom is 0.348 e.